The van der Waals surface area contributed by atoms with Gasteiger partial charge in [-0.15, -0.1) is 11.6 Å². The lowest BCUT2D eigenvalue weighted by molar-refractivity contribution is 0.425. The SMILES string of the molecule is CCCCNCCCC.CCNCC.ClCC1CO1. The monoisotopic (exact) mass is 294 g/mol. The number of epoxide rings is 1. The summed E-state index contributed by atoms with van der Waals surface area (Å²) in [6.45, 7) is 14.1. The first kappa shape index (κ1) is 21.5. The van der Waals surface area contributed by atoms with Crippen molar-refractivity contribution in [3.63, 3.8) is 0 Å². The second-order valence-electron chi connectivity index (χ2n) is 4.52. The van der Waals surface area contributed by atoms with Crippen molar-refractivity contribution in [2.75, 3.05) is 38.7 Å². The Balaban J connectivity index is 0. The Labute approximate surface area is 125 Å². The molecule has 2 N–H and O–H groups in total. The van der Waals surface area contributed by atoms with Crippen LogP contribution in [-0.4, -0.2) is 44.8 Å². The minimum atomic E-state index is 0.400. The molecule has 0 aromatic rings. The van der Waals surface area contributed by atoms with Crippen LogP contribution >= 0.6 is 11.6 Å². The lowest BCUT2D eigenvalue weighted by Crippen LogP contribution is -2.15. The molecule has 0 bridgehead atoms. The van der Waals surface area contributed by atoms with E-state index in [0.717, 1.165) is 19.7 Å². The fourth-order valence-electron chi connectivity index (χ4n) is 1.14. The van der Waals surface area contributed by atoms with Crippen molar-refractivity contribution < 1.29 is 4.74 Å². The van der Waals surface area contributed by atoms with Crippen LogP contribution < -0.4 is 10.6 Å². The van der Waals surface area contributed by atoms with Crippen molar-refractivity contribution in [2.24, 2.45) is 0 Å². The van der Waals surface area contributed by atoms with Crippen molar-refractivity contribution >= 4 is 11.6 Å². The molecule has 0 aliphatic carbocycles. The van der Waals surface area contributed by atoms with E-state index < -0.39 is 0 Å². The molecule has 1 aliphatic heterocycles. The third kappa shape index (κ3) is 27.4. The molecule has 1 rings (SSSR count). The normalized spacial score (nSPS) is 15.9. The summed E-state index contributed by atoms with van der Waals surface area (Å²) >= 11 is 5.27. The number of alkyl halides is 1. The number of nitrogens with one attached hydrogen (secondary N) is 2. The molecule has 3 nitrogen and oxygen atoms in total. The zero-order chi connectivity index (χ0) is 14.8. The first-order valence-electron chi connectivity index (χ1n) is 7.85. The van der Waals surface area contributed by atoms with Crippen LogP contribution in [-0.2, 0) is 4.74 Å². The van der Waals surface area contributed by atoms with Crippen molar-refractivity contribution in [3.05, 3.63) is 0 Å². The number of ether oxygens (including phenoxy) is 1. The predicted molar refractivity (Wildman–Crippen MR) is 87.4 cm³/mol. The van der Waals surface area contributed by atoms with Crippen LogP contribution in [0.15, 0.2) is 0 Å². The first-order valence-corrected chi connectivity index (χ1v) is 8.39. The summed E-state index contributed by atoms with van der Waals surface area (Å²) in [5.41, 5.74) is 0. The van der Waals surface area contributed by atoms with Crippen LogP contribution in [0.1, 0.15) is 53.4 Å². The van der Waals surface area contributed by atoms with E-state index in [0.29, 0.717) is 12.0 Å². The summed E-state index contributed by atoms with van der Waals surface area (Å²) in [5, 5.41) is 6.50. The molecule has 118 valence electrons. The van der Waals surface area contributed by atoms with Gasteiger partial charge in [-0.1, -0.05) is 40.5 Å². The molecule has 4 heteroatoms. The smallest absolute Gasteiger partial charge is 0.0944 e. The average molecular weight is 295 g/mol. The fourth-order valence-corrected chi connectivity index (χ4v) is 1.31. The van der Waals surface area contributed by atoms with Gasteiger partial charge in [0, 0.05) is 0 Å². The Morgan fingerprint density at radius 3 is 1.58 bits per heavy atom. The van der Waals surface area contributed by atoms with Gasteiger partial charge in [0.1, 0.15) is 0 Å². The van der Waals surface area contributed by atoms with Crippen molar-refractivity contribution in [2.45, 2.75) is 59.5 Å². The topological polar surface area (TPSA) is 36.6 Å². The quantitative estimate of drug-likeness (QED) is 0.389. The van der Waals surface area contributed by atoms with Crippen LogP contribution in [0.5, 0.6) is 0 Å². The zero-order valence-electron chi connectivity index (χ0n) is 13.4. The van der Waals surface area contributed by atoms with E-state index >= 15 is 0 Å². The van der Waals surface area contributed by atoms with Gasteiger partial charge in [-0.05, 0) is 39.0 Å². The summed E-state index contributed by atoms with van der Waals surface area (Å²) in [5.74, 6) is 0.667. The van der Waals surface area contributed by atoms with Gasteiger partial charge in [0.15, 0.2) is 0 Å². The van der Waals surface area contributed by atoms with E-state index in [4.69, 9.17) is 16.3 Å². The Hall–Kier alpha value is 0.170. The molecular formula is C15H35ClN2O. The summed E-state index contributed by atoms with van der Waals surface area (Å²) in [6, 6.07) is 0. The van der Waals surface area contributed by atoms with E-state index in [1.807, 2.05) is 0 Å². The maximum absolute atomic E-state index is 5.27. The molecule has 1 unspecified atom stereocenters. The summed E-state index contributed by atoms with van der Waals surface area (Å²) < 4.78 is 4.73. The molecule has 19 heavy (non-hydrogen) atoms. The highest BCUT2D eigenvalue weighted by atomic mass is 35.5. The van der Waals surface area contributed by atoms with Crippen LogP contribution in [0.4, 0.5) is 0 Å². The average Bonchev–Trinajstić information content (AvgIpc) is 3.25. The van der Waals surface area contributed by atoms with Crippen molar-refractivity contribution in [3.8, 4) is 0 Å². The van der Waals surface area contributed by atoms with Gasteiger partial charge in [0.25, 0.3) is 0 Å². The van der Waals surface area contributed by atoms with E-state index in [1.165, 1.54) is 38.8 Å². The van der Waals surface area contributed by atoms with Gasteiger partial charge in [0.05, 0.1) is 18.6 Å². The van der Waals surface area contributed by atoms with Crippen molar-refractivity contribution in [1.29, 1.82) is 0 Å². The van der Waals surface area contributed by atoms with Crippen LogP contribution in [0.2, 0.25) is 0 Å². The predicted octanol–water partition coefficient (Wildman–Crippen LogP) is 3.42. The summed E-state index contributed by atoms with van der Waals surface area (Å²) in [6.07, 6.45) is 5.66. The van der Waals surface area contributed by atoms with E-state index in [2.05, 4.69) is 38.3 Å². The summed E-state index contributed by atoms with van der Waals surface area (Å²) in [4.78, 5) is 0. The number of unbranched alkanes of at least 4 members (excludes halogenated alkanes) is 2. The highest BCUT2D eigenvalue weighted by Crippen LogP contribution is 2.08. The molecule has 0 radical (unpaired) electrons. The Bertz CT molecular complexity index is 136. The van der Waals surface area contributed by atoms with Gasteiger partial charge in [0.2, 0.25) is 0 Å². The van der Waals surface area contributed by atoms with Gasteiger partial charge < -0.3 is 15.4 Å². The molecule has 1 saturated heterocycles. The molecule has 1 heterocycles. The lowest BCUT2D eigenvalue weighted by Gasteiger charge is -1.99. The molecule has 0 aromatic carbocycles. The molecule has 1 fully saturated rings. The standard InChI is InChI=1S/C8H19N.C4H11N.C3H5ClO/c1-3-5-7-9-8-6-4-2;1-3-5-4-2;4-1-3-2-5-3/h9H,3-8H2,1-2H3;5H,3-4H2,1-2H3;3H,1-2H2. The number of hydrogen-bond donors (Lipinski definition) is 2. The van der Waals surface area contributed by atoms with Gasteiger partial charge >= 0.3 is 0 Å². The largest absolute Gasteiger partial charge is 0.372 e. The van der Waals surface area contributed by atoms with E-state index in [-0.39, 0.29) is 0 Å². The first-order chi connectivity index (χ1) is 9.26. The number of halogens is 1. The lowest BCUT2D eigenvalue weighted by atomic mass is 10.3. The van der Waals surface area contributed by atoms with Crippen LogP contribution in [0.3, 0.4) is 0 Å². The molecule has 0 aromatic heterocycles. The second kappa shape index (κ2) is 20.5. The minimum Gasteiger partial charge on any atom is -0.372 e. The molecule has 0 saturated carbocycles. The molecule has 1 aliphatic rings. The van der Waals surface area contributed by atoms with Gasteiger partial charge in [-0.25, -0.2) is 0 Å². The maximum atomic E-state index is 5.27. The fraction of sp³-hybridized carbons (Fsp3) is 1.00. The number of hydrogen-bond acceptors (Lipinski definition) is 3. The van der Waals surface area contributed by atoms with E-state index in [9.17, 15) is 0 Å². The molecular weight excluding hydrogens is 260 g/mol. The van der Waals surface area contributed by atoms with Crippen LogP contribution in [0, 0.1) is 0 Å². The third-order valence-corrected chi connectivity index (χ3v) is 2.83. The Morgan fingerprint density at radius 2 is 1.42 bits per heavy atom. The summed E-state index contributed by atoms with van der Waals surface area (Å²) in [7, 11) is 0. The van der Waals surface area contributed by atoms with E-state index in [1.54, 1.807) is 0 Å². The molecule has 1 atom stereocenters. The van der Waals surface area contributed by atoms with Crippen molar-refractivity contribution in [1.82, 2.24) is 10.6 Å². The second-order valence-corrected chi connectivity index (χ2v) is 4.83. The van der Waals surface area contributed by atoms with Gasteiger partial charge in [-0.3, -0.25) is 0 Å². The molecule has 0 amide bonds. The molecule has 0 spiro atoms. The Morgan fingerprint density at radius 1 is 0.947 bits per heavy atom. The van der Waals surface area contributed by atoms with Crippen LogP contribution in [0.25, 0.3) is 0 Å². The maximum Gasteiger partial charge on any atom is 0.0944 e. The number of rotatable bonds is 9. The third-order valence-electron chi connectivity index (χ3n) is 2.49. The Kier molecular flexibility index (Phi) is 23.1. The highest BCUT2D eigenvalue weighted by Gasteiger charge is 2.19. The zero-order valence-corrected chi connectivity index (χ0v) is 14.2. The minimum absolute atomic E-state index is 0.400. The highest BCUT2D eigenvalue weighted by molar-refractivity contribution is 6.18. The van der Waals surface area contributed by atoms with Gasteiger partial charge in [-0.2, -0.15) is 0 Å².